The van der Waals surface area contributed by atoms with Gasteiger partial charge in [-0.1, -0.05) is 46.9 Å². The third-order valence-electron chi connectivity index (χ3n) is 2.63. The molecule has 0 amide bonds. The summed E-state index contributed by atoms with van der Waals surface area (Å²) < 4.78 is 5.63. The van der Waals surface area contributed by atoms with E-state index in [0.29, 0.717) is 34.0 Å². The third kappa shape index (κ3) is 3.77. The molecule has 2 aromatic carbocycles. The second kappa shape index (κ2) is 6.49. The van der Waals surface area contributed by atoms with Crippen molar-refractivity contribution in [2.24, 2.45) is 5.73 Å². The zero-order valence-electron chi connectivity index (χ0n) is 10.00. The molecule has 2 rings (SSSR count). The molecule has 0 unspecified atom stereocenters. The number of benzene rings is 2. The first-order chi connectivity index (χ1) is 9.10. The van der Waals surface area contributed by atoms with Gasteiger partial charge in [0.15, 0.2) is 0 Å². The lowest BCUT2D eigenvalue weighted by Gasteiger charge is -2.10. The smallest absolute Gasteiger partial charge is 0.139 e. The molecular weight excluding hydrogens is 305 g/mol. The van der Waals surface area contributed by atoms with Gasteiger partial charge in [0.25, 0.3) is 0 Å². The fourth-order valence-electron chi connectivity index (χ4n) is 1.58. The first-order valence-electron chi connectivity index (χ1n) is 5.65. The minimum atomic E-state index is 0.323. The van der Waals surface area contributed by atoms with Crippen molar-refractivity contribution in [2.45, 2.75) is 13.2 Å². The summed E-state index contributed by atoms with van der Waals surface area (Å²) in [5.74, 6) is 0.535. The van der Waals surface area contributed by atoms with Crippen molar-refractivity contribution in [2.75, 3.05) is 0 Å². The van der Waals surface area contributed by atoms with Gasteiger partial charge in [0, 0.05) is 28.2 Å². The van der Waals surface area contributed by atoms with Crippen molar-refractivity contribution in [1.29, 1.82) is 0 Å². The zero-order chi connectivity index (χ0) is 13.8. The standard InChI is InChI=1S/C14H12Cl3NO/c15-11-3-4-12(16)14(6-11)19-8-10-2-1-9(7-18)5-13(10)17/h1-6H,7-8,18H2. The molecular formula is C14H12Cl3NO. The summed E-state index contributed by atoms with van der Waals surface area (Å²) in [6.45, 7) is 0.782. The molecule has 2 aromatic rings. The average Bonchev–Trinajstić information content (AvgIpc) is 2.40. The lowest BCUT2D eigenvalue weighted by molar-refractivity contribution is 0.306. The predicted molar refractivity (Wildman–Crippen MR) is 80.1 cm³/mol. The molecule has 0 aliphatic heterocycles. The van der Waals surface area contributed by atoms with E-state index in [4.69, 9.17) is 45.3 Å². The minimum Gasteiger partial charge on any atom is -0.487 e. The molecule has 0 saturated carbocycles. The van der Waals surface area contributed by atoms with Crippen LogP contribution in [-0.2, 0) is 13.2 Å². The summed E-state index contributed by atoms with van der Waals surface area (Å²) in [6.07, 6.45) is 0. The number of halogens is 3. The number of hydrogen-bond acceptors (Lipinski definition) is 2. The maximum Gasteiger partial charge on any atom is 0.139 e. The Morgan fingerprint density at radius 1 is 0.947 bits per heavy atom. The van der Waals surface area contributed by atoms with Gasteiger partial charge >= 0.3 is 0 Å². The molecule has 2 N–H and O–H groups in total. The lowest BCUT2D eigenvalue weighted by atomic mass is 10.1. The second-order valence-corrected chi connectivity index (χ2v) is 5.24. The van der Waals surface area contributed by atoms with Gasteiger partial charge in [0.05, 0.1) is 5.02 Å². The molecule has 0 aromatic heterocycles. The molecule has 0 spiro atoms. The fourth-order valence-corrected chi connectivity index (χ4v) is 2.17. The minimum absolute atomic E-state index is 0.323. The van der Waals surface area contributed by atoms with Crippen molar-refractivity contribution in [1.82, 2.24) is 0 Å². The van der Waals surface area contributed by atoms with Crippen LogP contribution in [-0.4, -0.2) is 0 Å². The normalized spacial score (nSPS) is 10.5. The van der Waals surface area contributed by atoms with Crippen molar-refractivity contribution in [3.63, 3.8) is 0 Å². The Morgan fingerprint density at radius 2 is 1.74 bits per heavy atom. The number of hydrogen-bond donors (Lipinski definition) is 1. The van der Waals surface area contributed by atoms with E-state index in [0.717, 1.165) is 11.1 Å². The van der Waals surface area contributed by atoms with Crippen LogP contribution in [0.2, 0.25) is 15.1 Å². The van der Waals surface area contributed by atoms with Crippen LogP contribution < -0.4 is 10.5 Å². The van der Waals surface area contributed by atoms with Gasteiger partial charge in [-0.05, 0) is 23.8 Å². The van der Waals surface area contributed by atoms with Crippen molar-refractivity contribution in [3.8, 4) is 5.75 Å². The molecule has 0 saturated heterocycles. The van der Waals surface area contributed by atoms with Gasteiger partial charge < -0.3 is 10.5 Å². The largest absolute Gasteiger partial charge is 0.487 e. The van der Waals surface area contributed by atoms with E-state index in [1.807, 2.05) is 18.2 Å². The Hall–Kier alpha value is -0.930. The quantitative estimate of drug-likeness (QED) is 0.888. The number of rotatable bonds is 4. The van der Waals surface area contributed by atoms with Crippen LogP contribution in [0.25, 0.3) is 0 Å². The molecule has 0 fully saturated rings. The highest BCUT2D eigenvalue weighted by molar-refractivity contribution is 6.34. The van der Waals surface area contributed by atoms with Gasteiger partial charge in [-0.25, -0.2) is 0 Å². The Balaban J connectivity index is 2.12. The molecule has 100 valence electrons. The molecule has 0 atom stereocenters. The zero-order valence-corrected chi connectivity index (χ0v) is 12.3. The lowest BCUT2D eigenvalue weighted by Crippen LogP contribution is -2.00. The van der Waals surface area contributed by atoms with E-state index in [9.17, 15) is 0 Å². The van der Waals surface area contributed by atoms with Crippen LogP contribution in [0.5, 0.6) is 5.75 Å². The maximum absolute atomic E-state index is 6.15. The summed E-state index contributed by atoms with van der Waals surface area (Å²) in [6, 6.07) is 10.7. The van der Waals surface area contributed by atoms with Crippen molar-refractivity contribution < 1.29 is 4.74 Å². The molecule has 0 aliphatic carbocycles. The molecule has 0 heterocycles. The van der Waals surface area contributed by atoms with Crippen molar-refractivity contribution in [3.05, 3.63) is 62.6 Å². The third-order valence-corrected chi connectivity index (χ3v) is 3.53. The van der Waals surface area contributed by atoms with Crippen LogP contribution in [0, 0.1) is 0 Å². The molecule has 5 heteroatoms. The average molecular weight is 317 g/mol. The van der Waals surface area contributed by atoms with Gasteiger partial charge in [0.1, 0.15) is 12.4 Å². The van der Waals surface area contributed by atoms with Gasteiger partial charge in [-0.15, -0.1) is 0 Å². The summed E-state index contributed by atoms with van der Waals surface area (Å²) in [5.41, 5.74) is 7.40. The fraction of sp³-hybridized carbons (Fsp3) is 0.143. The van der Waals surface area contributed by atoms with Crippen LogP contribution in [0.4, 0.5) is 0 Å². The van der Waals surface area contributed by atoms with Gasteiger partial charge in [0.2, 0.25) is 0 Å². The predicted octanol–water partition coefficient (Wildman–Crippen LogP) is 4.68. The SMILES string of the molecule is NCc1ccc(COc2cc(Cl)ccc2Cl)c(Cl)c1. The molecule has 0 aliphatic rings. The van der Waals surface area contributed by atoms with Crippen LogP contribution in [0.3, 0.4) is 0 Å². The summed E-state index contributed by atoms with van der Waals surface area (Å²) in [4.78, 5) is 0. The Bertz CT molecular complexity index is 587. The van der Waals surface area contributed by atoms with E-state index in [1.165, 1.54) is 0 Å². The first-order valence-corrected chi connectivity index (χ1v) is 6.79. The highest BCUT2D eigenvalue weighted by Gasteiger charge is 2.06. The summed E-state index contributed by atoms with van der Waals surface area (Å²) in [5, 5.41) is 1.71. The van der Waals surface area contributed by atoms with Crippen molar-refractivity contribution >= 4 is 34.8 Å². The van der Waals surface area contributed by atoms with Crippen LogP contribution in [0.15, 0.2) is 36.4 Å². The monoisotopic (exact) mass is 315 g/mol. The molecule has 19 heavy (non-hydrogen) atoms. The highest BCUT2D eigenvalue weighted by Crippen LogP contribution is 2.29. The second-order valence-electron chi connectivity index (χ2n) is 3.99. The van der Waals surface area contributed by atoms with Crippen LogP contribution >= 0.6 is 34.8 Å². The van der Waals surface area contributed by atoms with Crippen LogP contribution in [0.1, 0.15) is 11.1 Å². The maximum atomic E-state index is 6.15. The van der Waals surface area contributed by atoms with E-state index >= 15 is 0 Å². The van der Waals surface area contributed by atoms with E-state index < -0.39 is 0 Å². The Morgan fingerprint density at radius 3 is 2.42 bits per heavy atom. The van der Waals surface area contributed by atoms with Gasteiger partial charge in [-0.3, -0.25) is 0 Å². The molecule has 0 radical (unpaired) electrons. The highest BCUT2D eigenvalue weighted by atomic mass is 35.5. The van der Waals surface area contributed by atoms with E-state index in [-0.39, 0.29) is 0 Å². The van der Waals surface area contributed by atoms with E-state index in [1.54, 1.807) is 18.2 Å². The topological polar surface area (TPSA) is 35.2 Å². The Labute approximate surface area is 127 Å². The molecule has 2 nitrogen and oxygen atoms in total. The Kier molecular flexibility index (Phi) is 4.94. The number of ether oxygens (including phenoxy) is 1. The first kappa shape index (κ1) is 14.5. The summed E-state index contributed by atoms with van der Waals surface area (Å²) >= 11 is 18.1. The molecule has 0 bridgehead atoms. The number of nitrogens with two attached hydrogens (primary N) is 1. The van der Waals surface area contributed by atoms with E-state index in [2.05, 4.69) is 0 Å². The summed E-state index contributed by atoms with van der Waals surface area (Å²) in [7, 11) is 0. The van der Waals surface area contributed by atoms with Gasteiger partial charge in [-0.2, -0.15) is 0 Å².